The van der Waals surface area contributed by atoms with Crippen LogP contribution in [0.1, 0.15) is 21.8 Å². The highest BCUT2D eigenvalue weighted by Gasteiger charge is 2.16. The number of hydrogen-bond donors (Lipinski definition) is 1. The lowest BCUT2D eigenvalue weighted by Crippen LogP contribution is -2.09. The number of esters is 1. The van der Waals surface area contributed by atoms with Crippen LogP contribution in [0.2, 0.25) is 0 Å². The molecule has 0 aliphatic rings. The summed E-state index contributed by atoms with van der Waals surface area (Å²) in [5.41, 5.74) is 1.74. The maximum Gasteiger partial charge on any atom is 0.342 e. The molecular weight excluding hydrogens is 322 g/mol. The number of pyridine rings is 1. The topological polar surface area (TPSA) is 86.5 Å². The molecule has 0 atom stereocenters. The van der Waals surface area contributed by atoms with Gasteiger partial charge in [-0.1, -0.05) is 17.3 Å². The molecule has 1 aromatic carbocycles. The van der Waals surface area contributed by atoms with Crippen LogP contribution in [-0.2, 0) is 11.3 Å². The van der Waals surface area contributed by atoms with E-state index in [0.717, 1.165) is 5.69 Å². The molecule has 3 aromatic rings. The number of nitrogens with one attached hydrogen (secondary N) is 1. The van der Waals surface area contributed by atoms with Crippen LogP contribution in [0.3, 0.4) is 0 Å². The minimum absolute atomic E-state index is 0.00264. The molecule has 0 amide bonds. The van der Waals surface area contributed by atoms with Gasteiger partial charge in [-0.2, -0.15) is 0 Å². The van der Waals surface area contributed by atoms with Gasteiger partial charge in [0, 0.05) is 12.3 Å². The van der Waals surface area contributed by atoms with Gasteiger partial charge in [0.1, 0.15) is 17.1 Å². The number of carbonyl (C=O) groups is 1. The van der Waals surface area contributed by atoms with Crippen molar-refractivity contribution in [2.45, 2.75) is 13.5 Å². The summed E-state index contributed by atoms with van der Waals surface area (Å²) in [6.45, 7) is 1.80. The molecule has 0 aliphatic heterocycles. The molecule has 2 heterocycles. The molecule has 1 N–H and O–H groups in total. The Kier molecular flexibility index (Phi) is 4.94. The number of aryl methyl sites for hydroxylation is 1. The fraction of sp³-hybridized carbons (Fsp3) is 0.167. The summed E-state index contributed by atoms with van der Waals surface area (Å²) < 4.78 is 15.6. The van der Waals surface area contributed by atoms with E-state index in [2.05, 4.69) is 15.5 Å². The minimum Gasteiger partial charge on any atom is -0.495 e. The number of rotatable bonds is 6. The molecular formula is C18H17N3O4. The van der Waals surface area contributed by atoms with Crippen molar-refractivity contribution in [3.8, 4) is 5.75 Å². The smallest absolute Gasteiger partial charge is 0.342 e. The quantitative estimate of drug-likeness (QED) is 0.688. The standard InChI is InChI=1S/C18H17N3O4/c1-12-10-13(25-21-12)11-24-18(22)14-6-5-9-19-17(14)20-15-7-3-4-8-16(15)23-2/h3-10H,11H2,1-2H3,(H,19,20). The maximum atomic E-state index is 12.4. The summed E-state index contributed by atoms with van der Waals surface area (Å²) in [5.74, 6) is 0.990. The van der Waals surface area contributed by atoms with Gasteiger partial charge in [-0.25, -0.2) is 9.78 Å². The molecule has 2 aromatic heterocycles. The molecule has 7 heteroatoms. The van der Waals surface area contributed by atoms with E-state index in [9.17, 15) is 4.79 Å². The molecule has 3 rings (SSSR count). The zero-order chi connectivity index (χ0) is 17.6. The van der Waals surface area contributed by atoms with Crippen LogP contribution in [0.4, 0.5) is 11.5 Å². The number of benzene rings is 1. The molecule has 7 nitrogen and oxygen atoms in total. The van der Waals surface area contributed by atoms with Gasteiger partial charge in [0.05, 0.1) is 18.5 Å². The highest BCUT2D eigenvalue weighted by molar-refractivity contribution is 5.95. The van der Waals surface area contributed by atoms with Gasteiger partial charge in [-0.05, 0) is 31.2 Å². The lowest BCUT2D eigenvalue weighted by molar-refractivity contribution is 0.0438. The van der Waals surface area contributed by atoms with Crippen LogP contribution in [-0.4, -0.2) is 23.2 Å². The molecule has 0 spiro atoms. The van der Waals surface area contributed by atoms with Gasteiger partial charge in [-0.15, -0.1) is 0 Å². The first-order chi connectivity index (χ1) is 12.2. The highest BCUT2D eigenvalue weighted by atomic mass is 16.5. The Balaban J connectivity index is 1.77. The number of carbonyl (C=O) groups excluding carboxylic acids is 1. The van der Waals surface area contributed by atoms with E-state index in [4.69, 9.17) is 14.0 Å². The average molecular weight is 339 g/mol. The first-order valence-corrected chi connectivity index (χ1v) is 7.62. The van der Waals surface area contributed by atoms with Crippen LogP contribution in [0.15, 0.2) is 53.2 Å². The van der Waals surface area contributed by atoms with E-state index in [0.29, 0.717) is 28.6 Å². The van der Waals surface area contributed by atoms with E-state index >= 15 is 0 Å². The van der Waals surface area contributed by atoms with E-state index in [-0.39, 0.29) is 6.61 Å². The van der Waals surface area contributed by atoms with Gasteiger partial charge in [-0.3, -0.25) is 0 Å². The second-order valence-electron chi connectivity index (χ2n) is 5.24. The van der Waals surface area contributed by atoms with Crippen LogP contribution >= 0.6 is 0 Å². The Hall–Kier alpha value is -3.35. The average Bonchev–Trinajstić information content (AvgIpc) is 3.06. The van der Waals surface area contributed by atoms with Crippen molar-refractivity contribution in [1.82, 2.24) is 10.1 Å². The highest BCUT2D eigenvalue weighted by Crippen LogP contribution is 2.27. The molecule has 128 valence electrons. The van der Waals surface area contributed by atoms with E-state index in [1.54, 1.807) is 38.4 Å². The number of anilines is 2. The summed E-state index contributed by atoms with van der Waals surface area (Å²) in [6.07, 6.45) is 1.59. The number of hydrogen-bond acceptors (Lipinski definition) is 7. The molecule has 0 bridgehead atoms. The number of aromatic nitrogens is 2. The van der Waals surface area contributed by atoms with Gasteiger partial charge < -0.3 is 19.3 Å². The zero-order valence-corrected chi connectivity index (χ0v) is 13.9. The Morgan fingerprint density at radius 2 is 2.08 bits per heavy atom. The number of ether oxygens (including phenoxy) is 2. The first-order valence-electron chi connectivity index (χ1n) is 7.62. The van der Waals surface area contributed by atoms with Crippen LogP contribution in [0.25, 0.3) is 0 Å². The minimum atomic E-state index is -0.514. The van der Waals surface area contributed by atoms with Crippen molar-refractivity contribution < 1.29 is 18.8 Å². The van der Waals surface area contributed by atoms with E-state index < -0.39 is 5.97 Å². The summed E-state index contributed by atoms with van der Waals surface area (Å²) in [5, 5.41) is 6.86. The summed E-state index contributed by atoms with van der Waals surface area (Å²) in [6, 6.07) is 12.4. The Morgan fingerprint density at radius 3 is 2.84 bits per heavy atom. The maximum absolute atomic E-state index is 12.4. The van der Waals surface area contributed by atoms with E-state index in [1.807, 2.05) is 24.3 Å². The predicted molar refractivity (Wildman–Crippen MR) is 90.9 cm³/mol. The normalized spacial score (nSPS) is 10.3. The fourth-order valence-electron chi connectivity index (χ4n) is 2.24. The van der Waals surface area contributed by atoms with Gasteiger partial charge in [0.2, 0.25) is 0 Å². The molecule has 25 heavy (non-hydrogen) atoms. The van der Waals surface area contributed by atoms with Crippen molar-refractivity contribution in [3.05, 3.63) is 65.7 Å². The number of nitrogens with zero attached hydrogens (tertiary/aromatic N) is 2. The molecule has 0 saturated carbocycles. The summed E-state index contributed by atoms with van der Waals surface area (Å²) >= 11 is 0. The van der Waals surface area contributed by atoms with Crippen LogP contribution in [0.5, 0.6) is 5.75 Å². The summed E-state index contributed by atoms with van der Waals surface area (Å²) in [4.78, 5) is 16.6. The van der Waals surface area contributed by atoms with E-state index in [1.165, 1.54) is 0 Å². The largest absolute Gasteiger partial charge is 0.495 e. The molecule has 0 saturated heterocycles. The fourth-order valence-corrected chi connectivity index (χ4v) is 2.24. The van der Waals surface area contributed by atoms with Crippen LogP contribution < -0.4 is 10.1 Å². The SMILES string of the molecule is COc1ccccc1Nc1ncccc1C(=O)OCc1cc(C)no1. The van der Waals surface area contributed by atoms with Crippen molar-refractivity contribution in [3.63, 3.8) is 0 Å². The third-order valence-electron chi connectivity index (χ3n) is 3.41. The first kappa shape index (κ1) is 16.5. The molecule has 0 fully saturated rings. The van der Waals surface area contributed by atoms with Crippen molar-refractivity contribution in [1.29, 1.82) is 0 Å². The van der Waals surface area contributed by atoms with Crippen molar-refractivity contribution >= 4 is 17.5 Å². The number of para-hydroxylation sites is 2. The van der Waals surface area contributed by atoms with Gasteiger partial charge in [0.25, 0.3) is 0 Å². The van der Waals surface area contributed by atoms with Crippen molar-refractivity contribution in [2.24, 2.45) is 0 Å². The Bertz CT molecular complexity index is 876. The van der Waals surface area contributed by atoms with Gasteiger partial charge in [0.15, 0.2) is 12.4 Å². The second kappa shape index (κ2) is 7.48. The number of methoxy groups -OCH3 is 1. The predicted octanol–water partition coefficient (Wildman–Crippen LogP) is 3.49. The second-order valence-corrected chi connectivity index (χ2v) is 5.24. The van der Waals surface area contributed by atoms with Crippen molar-refractivity contribution in [2.75, 3.05) is 12.4 Å². The third kappa shape index (κ3) is 3.95. The lowest BCUT2D eigenvalue weighted by Gasteiger charge is -2.12. The van der Waals surface area contributed by atoms with Crippen LogP contribution in [0, 0.1) is 6.92 Å². The monoisotopic (exact) mass is 339 g/mol. The Morgan fingerprint density at radius 1 is 1.24 bits per heavy atom. The third-order valence-corrected chi connectivity index (χ3v) is 3.41. The van der Waals surface area contributed by atoms with Gasteiger partial charge >= 0.3 is 5.97 Å². The molecule has 0 radical (unpaired) electrons. The molecule has 0 unspecified atom stereocenters. The summed E-state index contributed by atoms with van der Waals surface area (Å²) in [7, 11) is 1.58. The Labute approximate surface area is 144 Å². The zero-order valence-electron chi connectivity index (χ0n) is 13.9. The molecule has 0 aliphatic carbocycles. The lowest BCUT2D eigenvalue weighted by atomic mass is 10.2.